The van der Waals surface area contributed by atoms with E-state index < -0.39 is 0 Å². The molecular formula is C15H27NO2. The lowest BCUT2D eigenvalue weighted by Gasteiger charge is -2.54. The number of hydrogen-bond donors (Lipinski definition) is 0. The first-order valence-corrected chi connectivity index (χ1v) is 6.84. The zero-order chi connectivity index (χ0) is 14.0. The van der Waals surface area contributed by atoms with Gasteiger partial charge in [-0.15, -0.1) is 0 Å². The van der Waals surface area contributed by atoms with Crippen molar-refractivity contribution in [2.45, 2.75) is 71.6 Å². The van der Waals surface area contributed by atoms with Crippen molar-refractivity contribution in [3.63, 3.8) is 0 Å². The van der Waals surface area contributed by atoms with Gasteiger partial charge in [-0.2, -0.15) is 0 Å². The zero-order valence-electron chi connectivity index (χ0n) is 12.6. The van der Waals surface area contributed by atoms with Crippen molar-refractivity contribution >= 4 is 5.97 Å². The van der Waals surface area contributed by atoms with Gasteiger partial charge in [-0.3, -0.25) is 4.90 Å². The smallest absolute Gasteiger partial charge is 0.330 e. The topological polar surface area (TPSA) is 29.5 Å². The average molecular weight is 253 g/mol. The second-order valence-electron chi connectivity index (χ2n) is 6.34. The Balaban J connectivity index is 2.80. The predicted molar refractivity (Wildman–Crippen MR) is 74.5 cm³/mol. The highest BCUT2D eigenvalue weighted by Crippen LogP contribution is 2.39. The van der Waals surface area contributed by atoms with Crippen molar-refractivity contribution in [2.24, 2.45) is 0 Å². The largest absolute Gasteiger partial charge is 0.459 e. The fraction of sp³-hybridized carbons (Fsp3) is 0.800. The minimum Gasteiger partial charge on any atom is -0.459 e. The molecule has 0 aromatic rings. The molecule has 104 valence electrons. The van der Waals surface area contributed by atoms with Gasteiger partial charge in [0.25, 0.3) is 0 Å². The summed E-state index contributed by atoms with van der Waals surface area (Å²) >= 11 is 0. The minimum atomic E-state index is -0.223. The molecule has 0 unspecified atom stereocenters. The maximum Gasteiger partial charge on any atom is 0.330 e. The van der Waals surface area contributed by atoms with Crippen molar-refractivity contribution in [1.29, 1.82) is 0 Å². The van der Waals surface area contributed by atoms with Crippen LogP contribution in [0, 0.1) is 0 Å². The van der Waals surface area contributed by atoms with Crippen LogP contribution in [0.4, 0.5) is 0 Å². The van der Waals surface area contributed by atoms with Gasteiger partial charge in [-0.1, -0.05) is 13.0 Å². The van der Waals surface area contributed by atoms with Crippen LogP contribution in [0.3, 0.4) is 0 Å². The Labute approximate surface area is 111 Å². The summed E-state index contributed by atoms with van der Waals surface area (Å²) in [5, 5.41) is 0. The number of nitrogens with zero attached hydrogens (tertiary/aromatic N) is 1. The number of piperidine rings is 1. The van der Waals surface area contributed by atoms with Crippen LogP contribution in [0.25, 0.3) is 0 Å². The molecule has 18 heavy (non-hydrogen) atoms. The molecule has 0 radical (unpaired) electrons. The van der Waals surface area contributed by atoms with Crippen LogP contribution < -0.4 is 0 Å². The van der Waals surface area contributed by atoms with Crippen LogP contribution in [-0.2, 0) is 9.53 Å². The van der Waals surface area contributed by atoms with E-state index in [1.165, 1.54) is 6.08 Å². The SMILES string of the molecule is C/C=C/C(=O)OC1CC(C)(C)N(CC)C(C)(C)C1. The molecule has 1 fully saturated rings. The van der Waals surface area contributed by atoms with Gasteiger partial charge in [0, 0.05) is 30.0 Å². The summed E-state index contributed by atoms with van der Waals surface area (Å²) in [5.41, 5.74) is 0.134. The summed E-state index contributed by atoms with van der Waals surface area (Å²) in [5.74, 6) is -0.223. The molecular weight excluding hydrogens is 226 g/mol. The van der Waals surface area contributed by atoms with Crippen LogP contribution in [0.15, 0.2) is 12.2 Å². The van der Waals surface area contributed by atoms with E-state index in [4.69, 9.17) is 4.74 Å². The highest BCUT2D eigenvalue weighted by Gasteiger charge is 2.45. The number of likely N-dealkylation sites (tertiary alicyclic amines) is 1. The molecule has 1 heterocycles. The molecule has 0 N–H and O–H groups in total. The summed E-state index contributed by atoms with van der Waals surface area (Å²) in [4.78, 5) is 14.1. The molecule has 3 heteroatoms. The van der Waals surface area contributed by atoms with Gasteiger partial charge < -0.3 is 4.74 Å². The summed E-state index contributed by atoms with van der Waals surface area (Å²) in [7, 11) is 0. The molecule has 0 spiro atoms. The second-order valence-corrected chi connectivity index (χ2v) is 6.34. The molecule has 0 aliphatic carbocycles. The minimum absolute atomic E-state index is 0.0153. The van der Waals surface area contributed by atoms with Gasteiger partial charge in [0.1, 0.15) is 6.10 Å². The summed E-state index contributed by atoms with van der Waals surface area (Å²) in [6, 6.07) is 0. The highest BCUT2D eigenvalue weighted by molar-refractivity contribution is 5.81. The quantitative estimate of drug-likeness (QED) is 0.571. The number of carbonyl (C=O) groups excluding carboxylic acids is 1. The van der Waals surface area contributed by atoms with Crippen LogP contribution in [0.1, 0.15) is 54.4 Å². The van der Waals surface area contributed by atoms with Gasteiger partial charge in [0.2, 0.25) is 0 Å². The molecule has 1 rings (SSSR count). The zero-order valence-corrected chi connectivity index (χ0v) is 12.6. The second kappa shape index (κ2) is 5.43. The first-order chi connectivity index (χ1) is 8.23. The Hall–Kier alpha value is -0.830. The van der Waals surface area contributed by atoms with Gasteiger partial charge in [0.15, 0.2) is 0 Å². The molecule has 3 nitrogen and oxygen atoms in total. The van der Waals surface area contributed by atoms with Gasteiger partial charge in [0.05, 0.1) is 0 Å². The number of carbonyl (C=O) groups is 1. The number of hydrogen-bond acceptors (Lipinski definition) is 3. The summed E-state index contributed by atoms with van der Waals surface area (Å²) < 4.78 is 5.54. The van der Waals surface area contributed by atoms with E-state index in [9.17, 15) is 4.79 Å². The predicted octanol–water partition coefficient (Wildman–Crippen LogP) is 3.15. The van der Waals surface area contributed by atoms with Crippen molar-refractivity contribution in [1.82, 2.24) is 4.90 Å². The van der Waals surface area contributed by atoms with E-state index in [0.717, 1.165) is 19.4 Å². The van der Waals surface area contributed by atoms with E-state index in [0.29, 0.717) is 0 Å². The highest BCUT2D eigenvalue weighted by atomic mass is 16.5. The lowest BCUT2D eigenvalue weighted by Crippen LogP contribution is -2.62. The van der Waals surface area contributed by atoms with Gasteiger partial charge in [-0.05, 0) is 41.2 Å². The fourth-order valence-electron chi connectivity index (χ4n) is 3.51. The molecule has 0 aromatic carbocycles. The number of allylic oxidation sites excluding steroid dienone is 1. The Kier molecular flexibility index (Phi) is 4.60. The van der Waals surface area contributed by atoms with Crippen molar-refractivity contribution in [2.75, 3.05) is 6.54 Å². The molecule has 1 aliphatic heterocycles. The molecule has 0 amide bonds. The third kappa shape index (κ3) is 3.35. The van der Waals surface area contributed by atoms with E-state index in [-0.39, 0.29) is 23.2 Å². The molecule has 0 saturated carbocycles. The molecule has 1 aliphatic rings. The van der Waals surface area contributed by atoms with Crippen molar-refractivity contribution < 1.29 is 9.53 Å². The van der Waals surface area contributed by atoms with E-state index >= 15 is 0 Å². The van der Waals surface area contributed by atoms with Crippen LogP contribution >= 0.6 is 0 Å². The lowest BCUT2D eigenvalue weighted by molar-refractivity contribution is -0.154. The van der Waals surface area contributed by atoms with Crippen LogP contribution in [-0.4, -0.2) is 34.6 Å². The Morgan fingerprint density at radius 1 is 1.28 bits per heavy atom. The van der Waals surface area contributed by atoms with Crippen LogP contribution in [0.2, 0.25) is 0 Å². The normalized spacial score (nSPS) is 24.3. The number of esters is 1. The number of rotatable bonds is 3. The Bertz CT molecular complexity index is 313. The van der Waals surface area contributed by atoms with E-state index in [1.54, 1.807) is 6.08 Å². The average Bonchev–Trinajstić information content (AvgIpc) is 2.13. The first kappa shape index (κ1) is 15.2. The Morgan fingerprint density at radius 3 is 2.17 bits per heavy atom. The molecule has 0 aromatic heterocycles. The molecule has 1 saturated heterocycles. The standard InChI is InChI=1S/C15H27NO2/c1-7-9-13(17)18-12-10-14(3,4)16(8-2)15(5,6)11-12/h7,9,12H,8,10-11H2,1-6H3/b9-7+. The first-order valence-electron chi connectivity index (χ1n) is 6.84. The van der Waals surface area contributed by atoms with Gasteiger partial charge >= 0.3 is 5.97 Å². The fourth-order valence-corrected chi connectivity index (χ4v) is 3.51. The summed E-state index contributed by atoms with van der Waals surface area (Å²) in [6.07, 6.45) is 5.02. The summed E-state index contributed by atoms with van der Waals surface area (Å²) in [6.45, 7) is 14.0. The maximum absolute atomic E-state index is 11.6. The molecule has 0 atom stereocenters. The van der Waals surface area contributed by atoms with E-state index in [1.807, 2.05) is 6.92 Å². The number of ether oxygens (including phenoxy) is 1. The van der Waals surface area contributed by atoms with Crippen molar-refractivity contribution in [3.05, 3.63) is 12.2 Å². The van der Waals surface area contributed by atoms with Crippen molar-refractivity contribution in [3.8, 4) is 0 Å². The third-order valence-corrected chi connectivity index (χ3v) is 3.82. The monoisotopic (exact) mass is 253 g/mol. The van der Waals surface area contributed by atoms with Gasteiger partial charge in [-0.25, -0.2) is 4.79 Å². The Morgan fingerprint density at radius 2 is 1.78 bits per heavy atom. The lowest BCUT2D eigenvalue weighted by atomic mass is 9.78. The maximum atomic E-state index is 11.6. The van der Waals surface area contributed by atoms with Crippen LogP contribution in [0.5, 0.6) is 0 Å². The molecule has 0 bridgehead atoms. The third-order valence-electron chi connectivity index (χ3n) is 3.82. The van der Waals surface area contributed by atoms with E-state index in [2.05, 4.69) is 39.5 Å².